The molecule has 9 nitrogen and oxygen atoms in total. The van der Waals surface area contributed by atoms with Gasteiger partial charge in [0.2, 0.25) is 15.5 Å². The standard InChI is InChI=1S/C32H34N4O5S/c1-3-33-22-27(32(38)35-18-16-34(17-19-35)29-10-6-7-11-30(29)41-2)31(37)26-20-25(12-13-28(26)33)42(39,40)36-15-14-23-8-4-5-9-24(23)21-36/h4-13,20,22H,3,14-19,21H2,1-2H3. The Bertz CT molecular complexity index is 1830. The summed E-state index contributed by atoms with van der Waals surface area (Å²) in [5.41, 5.74) is 3.31. The molecule has 4 aromatic rings. The Balaban J connectivity index is 1.29. The van der Waals surface area contributed by atoms with E-state index >= 15 is 0 Å². The quantitative estimate of drug-likeness (QED) is 0.342. The predicted molar refractivity (Wildman–Crippen MR) is 163 cm³/mol. The molecule has 0 atom stereocenters. The van der Waals surface area contributed by atoms with Crippen molar-refractivity contribution in [3.63, 3.8) is 0 Å². The third-order valence-corrected chi connectivity index (χ3v) is 10.2. The molecule has 218 valence electrons. The van der Waals surface area contributed by atoms with Crippen molar-refractivity contribution in [2.24, 2.45) is 0 Å². The minimum atomic E-state index is -3.85. The largest absolute Gasteiger partial charge is 0.495 e. The Labute approximate surface area is 245 Å². The zero-order chi connectivity index (χ0) is 29.4. The second-order valence-corrected chi connectivity index (χ2v) is 12.6. The van der Waals surface area contributed by atoms with Crippen molar-refractivity contribution in [1.29, 1.82) is 0 Å². The van der Waals surface area contributed by atoms with E-state index in [9.17, 15) is 18.0 Å². The first-order valence-corrected chi connectivity index (χ1v) is 15.7. The molecule has 0 saturated carbocycles. The maximum atomic E-state index is 13.8. The molecule has 1 fully saturated rings. The second-order valence-electron chi connectivity index (χ2n) is 10.6. The number of pyridine rings is 1. The van der Waals surface area contributed by atoms with Gasteiger partial charge in [0.1, 0.15) is 11.3 Å². The van der Waals surface area contributed by atoms with Crippen LogP contribution in [-0.4, -0.2) is 67.9 Å². The van der Waals surface area contributed by atoms with Crippen molar-refractivity contribution in [2.75, 3.05) is 44.7 Å². The Morgan fingerprint density at radius 2 is 1.62 bits per heavy atom. The summed E-state index contributed by atoms with van der Waals surface area (Å²) < 4.78 is 36.2. The van der Waals surface area contributed by atoms with Gasteiger partial charge in [-0.25, -0.2) is 8.42 Å². The van der Waals surface area contributed by atoms with E-state index in [1.165, 1.54) is 10.4 Å². The molecule has 42 heavy (non-hydrogen) atoms. The van der Waals surface area contributed by atoms with Crippen molar-refractivity contribution < 1.29 is 17.9 Å². The van der Waals surface area contributed by atoms with Gasteiger partial charge in [0.25, 0.3) is 5.91 Å². The van der Waals surface area contributed by atoms with E-state index in [4.69, 9.17) is 4.74 Å². The summed E-state index contributed by atoms with van der Waals surface area (Å²) in [5.74, 6) is 0.432. The van der Waals surface area contributed by atoms with Crippen LogP contribution in [0.3, 0.4) is 0 Å². The molecule has 3 aromatic carbocycles. The second kappa shape index (κ2) is 11.3. The molecule has 2 aliphatic rings. The van der Waals surface area contributed by atoms with E-state index in [0.29, 0.717) is 51.2 Å². The van der Waals surface area contributed by atoms with Crippen LogP contribution in [0.4, 0.5) is 5.69 Å². The average molecular weight is 587 g/mol. The topological polar surface area (TPSA) is 92.2 Å². The van der Waals surface area contributed by atoms with E-state index in [0.717, 1.165) is 22.6 Å². The molecule has 2 aliphatic heterocycles. The van der Waals surface area contributed by atoms with Gasteiger partial charge in [-0.15, -0.1) is 0 Å². The van der Waals surface area contributed by atoms with Crippen LogP contribution in [0.25, 0.3) is 10.9 Å². The molecule has 1 saturated heterocycles. The number of rotatable bonds is 6. The monoisotopic (exact) mass is 586 g/mol. The van der Waals surface area contributed by atoms with Gasteiger partial charge >= 0.3 is 0 Å². The number of para-hydroxylation sites is 2. The summed E-state index contributed by atoms with van der Waals surface area (Å²) in [4.78, 5) is 31.4. The third kappa shape index (κ3) is 4.94. The van der Waals surface area contributed by atoms with E-state index < -0.39 is 15.5 Å². The average Bonchev–Trinajstić information content (AvgIpc) is 3.04. The zero-order valence-corrected chi connectivity index (χ0v) is 24.6. The highest BCUT2D eigenvalue weighted by molar-refractivity contribution is 7.89. The number of anilines is 1. The van der Waals surface area contributed by atoms with Gasteiger partial charge < -0.3 is 19.1 Å². The maximum absolute atomic E-state index is 13.8. The number of aryl methyl sites for hydroxylation is 1. The van der Waals surface area contributed by atoms with Crippen LogP contribution in [-0.2, 0) is 29.5 Å². The van der Waals surface area contributed by atoms with Crippen LogP contribution >= 0.6 is 0 Å². The first-order chi connectivity index (χ1) is 20.3. The lowest BCUT2D eigenvalue weighted by atomic mass is 10.0. The number of amides is 1. The number of piperazine rings is 1. The molecule has 10 heteroatoms. The summed E-state index contributed by atoms with van der Waals surface area (Å²) in [6.07, 6.45) is 2.24. The molecular formula is C32H34N4O5S. The lowest BCUT2D eigenvalue weighted by Gasteiger charge is -2.36. The number of fused-ring (bicyclic) bond motifs is 2. The highest BCUT2D eigenvalue weighted by Crippen LogP contribution is 2.29. The highest BCUT2D eigenvalue weighted by atomic mass is 32.2. The number of methoxy groups -OCH3 is 1. The number of aromatic nitrogens is 1. The zero-order valence-electron chi connectivity index (χ0n) is 23.8. The number of hydrogen-bond acceptors (Lipinski definition) is 6. The van der Waals surface area contributed by atoms with Crippen LogP contribution < -0.4 is 15.1 Å². The summed E-state index contributed by atoms with van der Waals surface area (Å²) >= 11 is 0. The van der Waals surface area contributed by atoms with Crippen LogP contribution in [0.2, 0.25) is 0 Å². The van der Waals surface area contributed by atoms with E-state index in [2.05, 4.69) is 4.90 Å². The summed E-state index contributed by atoms with van der Waals surface area (Å²) in [6.45, 7) is 5.21. The normalized spacial score (nSPS) is 16.0. The fourth-order valence-electron chi connectivity index (χ4n) is 5.99. The Kier molecular flexibility index (Phi) is 7.51. The maximum Gasteiger partial charge on any atom is 0.259 e. The van der Waals surface area contributed by atoms with Crippen molar-refractivity contribution in [2.45, 2.75) is 31.3 Å². The fraction of sp³-hybridized carbons (Fsp3) is 0.312. The number of sulfonamides is 1. The fourth-order valence-corrected chi connectivity index (χ4v) is 7.43. The lowest BCUT2D eigenvalue weighted by Crippen LogP contribution is -2.49. The van der Waals surface area contributed by atoms with E-state index in [1.807, 2.05) is 60.0 Å². The number of nitrogens with zero attached hydrogens (tertiary/aromatic N) is 4. The predicted octanol–water partition coefficient (Wildman–Crippen LogP) is 3.74. The molecule has 3 heterocycles. The van der Waals surface area contributed by atoms with Crippen LogP contribution in [0, 0.1) is 0 Å². The molecule has 0 bridgehead atoms. The Morgan fingerprint density at radius 3 is 2.36 bits per heavy atom. The number of benzene rings is 3. The molecule has 0 N–H and O–H groups in total. The first-order valence-electron chi connectivity index (χ1n) is 14.2. The van der Waals surface area contributed by atoms with E-state index in [-0.39, 0.29) is 28.3 Å². The van der Waals surface area contributed by atoms with Gasteiger partial charge in [0.15, 0.2) is 0 Å². The number of carbonyl (C=O) groups excluding carboxylic acids is 1. The SMILES string of the molecule is CCn1cc(C(=O)N2CCN(c3ccccc3OC)CC2)c(=O)c2cc(S(=O)(=O)N3CCc4ccccc4C3)ccc21. The van der Waals surface area contributed by atoms with Crippen LogP contribution in [0.1, 0.15) is 28.4 Å². The van der Waals surface area contributed by atoms with Gasteiger partial charge in [-0.2, -0.15) is 4.31 Å². The minimum absolute atomic E-state index is 0.0524. The van der Waals surface area contributed by atoms with Crippen LogP contribution in [0.15, 0.2) is 82.6 Å². The van der Waals surface area contributed by atoms with Crippen LogP contribution in [0.5, 0.6) is 5.75 Å². The molecule has 6 rings (SSSR count). The highest BCUT2D eigenvalue weighted by Gasteiger charge is 2.30. The molecule has 0 spiro atoms. The smallest absolute Gasteiger partial charge is 0.259 e. The summed E-state index contributed by atoms with van der Waals surface area (Å²) in [5, 5.41) is 0.230. The number of carbonyl (C=O) groups is 1. The van der Waals surface area contributed by atoms with Crippen molar-refractivity contribution >= 4 is 32.5 Å². The van der Waals surface area contributed by atoms with Gasteiger partial charge in [-0.3, -0.25) is 9.59 Å². The molecule has 0 unspecified atom stereocenters. The molecular weight excluding hydrogens is 552 g/mol. The molecule has 1 aromatic heterocycles. The van der Waals surface area contributed by atoms with Gasteiger partial charge in [-0.1, -0.05) is 36.4 Å². The van der Waals surface area contributed by atoms with Crippen molar-refractivity contribution in [3.8, 4) is 5.75 Å². The number of hydrogen-bond donors (Lipinski definition) is 0. The van der Waals surface area contributed by atoms with Crippen molar-refractivity contribution in [3.05, 3.63) is 99.8 Å². The molecule has 1 amide bonds. The van der Waals surface area contributed by atoms with Gasteiger partial charge in [-0.05, 0) is 54.8 Å². The molecule has 0 radical (unpaired) electrons. The summed E-state index contributed by atoms with van der Waals surface area (Å²) in [6, 6.07) is 20.3. The van der Waals surface area contributed by atoms with Gasteiger partial charge in [0, 0.05) is 57.4 Å². The Hall–Kier alpha value is -4.15. The van der Waals surface area contributed by atoms with Gasteiger partial charge in [0.05, 0.1) is 23.2 Å². The Morgan fingerprint density at radius 1 is 0.905 bits per heavy atom. The minimum Gasteiger partial charge on any atom is -0.495 e. The van der Waals surface area contributed by atoms with Crippen molar-refractivity contribution in [1.82, 2.24) is 13.8 Å². The molecule has 0 aliphatic carbocycles. The van der Waals surface area contributed by atoms with E-state index in [1.54, 1.807) is 30.3 Å². The lowest BCUT2D eigenvalue weighted by molar-refractivity contribution is 0.0744. The first kappa shape index (κ1) is 28.0. The number of ether oxygens (including phenoxy) is 1. The summed E-state index contributed by atoms with van der Waals surface area (Å²) in [7, 11) is -2.21. The third-order valence-electron chi connectivity index (χ3n) is 8.35.